The minimum atomic E-state index is -0.0485. The van der Waals surface area contributed by atoms with Gasteiger partial charge in [0.15, 0.2) is 4.34 Å². The van der Waals surface area contributed by atoms with E-state index in [9.17, 15) is 4.79 Å². The van der Waals surface area contributed by atoms with E-state index in [0.29, 0.717) is 5.75 Å². The molecule has 5 nitrogen and oxygen atoms in total. The fourth-order valence-electron chi connectivity index (χ4n) is 2.46. The first kappa shape index (κ1) is 19.4. The van der Waals surface area contributed by atoms with Crippen LogP contribution in [0.4, 0.5) is 16.5 Å². The number of nitrogens with one attached hydrogen (secondary N) is 2. The molecule has 3 aromatic rings. The lowest BCUT2D eigenvalue weighted by Gasteiger charge is -2.09. The summed E-state index contributed by atoms with van der Waals surface area (Å²) in [6.45, 7) is 8.21. The van der Waals surface area contributed by atoms with Gasteiger partial charge in [-0.05, 0) is 68.1 Å². The summed E-state index contributed by atoms with van der Waals surface area (Å²) in [6, 6.07) is 12.1. The number of carbonyl (C=O) groups excluding carboxylic acids is 1. The molecule has 0 aliphatic carbocycles. The summed E-state index contributed by atoms with van der Waals surface area (Å²) in [5, 5.41) is 15.3. The van der Waals surface area contributed by atoms with Crippen LogP contribution in [0.1, 0.15) is 22.3 Å². The summed E-state index contributed by atoms with van der Waals surface area (Å²) in [6.07, 6.45) is 0. The Morgan fingerprint density at radius 2 is 1.85 bits per heavy atom. The number of amides is 1. The van der Waals surface area contributed by atoms with Crippen LogP contribution in [-0.2, 0) is 4.79 Å². The van der Waals surface area contributed by atoms with Crippen molar-refractivity contribution >= 4 is 45.5 Å². The molecule has 0 saturated carbocycles. The van der Waals surface area contributed by atoms with Gasteiger partial charge in [0.1, 0.15) is 0 Å². The molecule has 1 heterocycles. The van der Waals surface area contributed by atoms with Gasteiger partial charge in [-0.1, -0.05) is 41.3 Å². The van der Waals surface area contributed by atoms with Gasteiger partial charge in [0.25, 0.3) is 0 Å². The predicted octanol–water partition coefficient (Wildman–Crippen LogP) is 5.25. The predicted molar refractivity (Wildman–Crippen MR) is 114 cm³/mol. The van der Waals surface area contributed by atoms with Crippen molar-refractivity contribution in [2.24, 2.45) is 0 Å². The summed E-state index contributed by atoms with van der Waals surface area (Å²) in [7, 11) is 0. The number of anilines is 3. The molecule has 0 spiro atoms. The third-order valence-corrected chi connectivity index (χ3v) is 6.34. The first-order valence-corrected chi connectivity index (χ1v) is 10.4. The Hall–Kier alpha value is -2.38. The van der Waals surface area contributed by atoms with Crippen molar-refractivity contribution in [1.29, 1.82) is 0 Å². The zero-order valence-electron chi connectivity index (χ0n) is 15.8. The fourth-order valence-corrected chi connectivity index (χ4v) is 4.03. The molecular formula is C20H22N4OS2. The quantitative estimate of drug-likeness (QED) is 0.555. The Morgan fingerprint density at radius 3 is 2.63 bits per heavy atom. The number of aromatic nitrogens is 2. The number of hydrogen-bond donors (Lipinski definition) is 2. The van der Waals surface area contributed by atoms with Gasteiger partial charge in [-0.3, -0.25) is 4.79 Å². The number of carbonyl (C=O) groups is 1. The van der Waals surface area contributed by atoms with Crippen molar-refractivity contribution in [3.63, 3.8) is 0 Å². The largest absolute Gasteiger partial charge is 0.330 e. The average Bonchev–Trinajstić information content (AvgIpc) is 3.08. The second-order valence-electron chi connectivity index (χ2n) is 6.38. The van der Waals surface area contributed by atoms with E-state index in [2.05, 4.69) is 46.8 Å². The minimum absolute atomic E-state index is 0.0485. The standard InChI is InChI=1S/C20H22N4OS2/c1-12-8-9-16(10-14(12)3)21-19-23-24-20(27-19)26-11-18(25)22-17-7-5-6-13(2)15(17)4/h5-10H,11H2,1-4H3,(H,21,23)(H,22,25). The van der Waals surface area contributed by atoms with Gasteiger partial charge in [-0.2, -0.15) is 0 Å². The van der Waals surface area contributed by atoms with Gasteiger partial charge in [-0.15, -0.1) is 10.2 Å². The summed E-state index contributed by atoms with van der Waals surface area (Å²) in [5.74, 6) is 0.249. The molecule has 0 atom stereocenters. The van der Waals surface area contributed by atoms with Gasteiger partial charge < -0.3 is 10.6 Å². The van der Waals surface area contributed by atoms with Crippen molar-refractivity contribution in [2.45, 2.75) is 32.0 Å². The average molecular weight is 399 g/mol. The maximum atomic E-state index is 12.2. The summed E-state index contributed by atoms with van der Waals surface area (Å²) in [4.78, 5) is 12.2. The van der Waals surface area contributed by atoms with Crippen LogP contribution in [0.15, 0.2) is 40.7 Å². The molecule has 1 amide bonds. The van der Waals surface area contributed by atoms with Crippen molar-refractivity contribution < 1.29 is 4.79 Å². The normalized spacial score (nSPS) is 10.7. The summed E-state index contributed by atoms with van der Waals surface area (Å²) in [5.41, 5.74) is 6.57. The van der Waals surface area contributed by atoms with Crippen molar-refractivity contribution in [1.82, 2.24) is 10.2 Å². The van der Waals surface area contributed by atoms with E-state index in [-0.39, 0.29) is 5.91 Å². The first-order chi connectivity index (χ1) is 12.9. The molecule has 2 aromatic carbocycles. The number of nitrogens with zero attached hydrogens (tertiary/aromatic N) is 2. The lowest BCUT2D eigenvalue weighted by Crippen LogP contribution is -2.15. The molecule has 140 valence electrons. The van der Waals surface area contributed by atoms with Gasteiger partial charge in [0.05, 0.1) is 5.75 Å². The zero-order valence-corrected chi connectivity index (χ0v) is 17.4. The second-order valence-corrected chi connectivity index (χ2v) is 8.58. The highest BCUT2D eigenvalue weighted by Crippen LogP contribution is 2.28. The van der Waals surface area contributed by atoms with Crippen LogP contribution in [0.5, 0.6) is 0 Å². The third-order valence-electron chi connectivity index (χ3n) is 4.37. The Kier molecular flexibility index (Phi) is 6.13. The van der Waals surface area contributed by atoms with E-state index in [1.807, 2.05) is 38.1 Å². The van der Waals surface area contributed by atoms with Crippen LogP contribution in [0.2, 0.25) is 0 Å². The van der Waals surface area contributed by atoms with Gasteiger partial charge in [0.2, 0.25) is 11.0 Å². The maximum Gasteiger partial charge on any atom is 0.234 e. The second kappa shape index (κ2) is 8.54. The lowest BCUT2D eigenvalue weighted by atomic mass is 10.1. The number of hydrogen-bond acceptors (Lipinski definition) is 6. The molecule has 0 radical (unpaired) electrons. The smallest absolute Gasteiger partial charge is 0.234 e. The van der Waals surface area contributed by atoms with E-state index in [1.165, 1.54) is 34.2 Å². The van der Waals surface area contributed by atoms with Crippen LogP contribution in [0.3, 0.4) is 0 Å². The molecule has 0 unspecified atom stereocenters. The van der Waals surface area contributed by atoms with E-state index in [4.69, 9.17) is 0 Å². The van der Waals surface area contributed by atoms with E-state index in [1.54, 1.807) is 0 Å². The molecular weight excluding hydrogens is 376 g/mol. The van der Waals surface area contributed by atoms with Crippen LogP contribution >= 0.6 is 23.1 Å². The highest BCUT2D eigenvalue weighted by molar-refractivity contribution is 8.01. The highest BCUT2D eigenvalue weighted by Gasteiger charge is 2.10. The summed E-state index contributed by atoms with van der Waals surface area (Å²) >= 11 is 2.83. The van der Waals surface area contributed by atoms with Crippen molar-refractivity contribution in [2.75, 3.05) is 16.4 Å². The van der Waals surface area contributed by atoms with E-state index >= 15 is 0 Å². The Balaban J connectivity index is 1.55. The van der Waals surface area contributed by atoms with Gasteiger partial charge >= 0.3 is 0 Å². The van der Waals surface area contributed by atoms with Crippen molar-refractivity contribution in [3.8, 4) is 0 Å². The zero-order chi connectivity index (χ0) is 19.4. The molecule has 1 aromatic heterocycles. The molecule has 0 bridgehead atoms. The first-order valence-electron chi connectivity index (χ1n) is 8.59. The third kappa shape index (κ3) is 5.08. The molecule has 0 aliphatic heterocycles. The topological polar surface area (TPSA) is 66.9 Å². The van der Waals surface area contributed by atoms with Gasteiger partial charge in [0, 0.05) is 11.4 Å². The molecule has 27 heavy (non-hydrogen) atoms. The monoisotopic (exact) mass is 398 g/mol. The maximum absolute atomic E-state index is 12.2. The van der Waals surface area contributed by atoms with Crippen LogP contribution < -0.4 is 10.6 Å². The molecule has 3 rings (SSSR count). The SMILES string of the molecule is Cc1ccc(Nc2nnc(SCC(=O)Nc3cccc(C)c3C)s2)cc1C. The Morgan fingerprint density at radius 1 is 1.04 bits per heavy atom. The number of thioether (sulfide) groups is 1. The molecule has 0 aliphatic rings. The summed E-state index contributed by atoms with van der Waals surface area (Å²) < 4.78 is 0.762. The number of rotatable bonds is 6. The molecule has 0 fully saturated rings. The van der Waals surface area contributed by atoms with E-state index in [0.717, 1.165) is 32.0 Å². The van der Waals surface area contributed by atoms with Crippen LogP contribution in [0.25, 0.3) is 0 Å². The number of aryl methyl sites for hydroxylation is 3. The minimum Gasteiger partial charge on any atom is -0.330 e. The van der Waals surface area contributed by atoms with E-state index < -0.39 is 0 Å². The van der Waals surface area contributed by atoms with Crippen LogP contribution in [0, 0.1) is 27.7 Å². The number of benzene rings is 2. The molecule has 0 saturated heterocycles. The Labute approximate surface area is 167 Å². The molecule has 7 heteroatoms. The fraction of sp³-hybridized carbons (Fsp3) is 0.250. The lowest BCUT2D eigenvalue weighted by molar-refractivity contribution is -0.113. The van der Waals surface area contributed by atoms with Crippen molar-refractivity contribution in [3.05, 3.63) is 58.7 Å². The highest BCUT2D eigenvalue weighted by atomic mass is 32.2. The Bertz CT molecular complexity index is 968. The van der Waals surface area contributed by atoms with Gasteiger partial charge in [-0.25, -0.2) is 0 Å². The van der Waals surface area contributed by atoms with Crippen LogP contribution in [-0.4, -0.2) is 21.9 Å². The molecule has 2 N–H and O–H groups in total.